The number of hydrogen-bond donors (Lipinski definition) is 0. The van der Waals surface area contributed by atoms with Gasteiger partial charge in [-0.2, -0.15) is 0 Å². The quantitative estimate of drug-likeness (QED) is 0.643. The van der Waals surface area contributed by atoms with Gasteiger partial charge in [-0.3, -0.25) is 4.79 Å². The standard InChI is InChI=1S/C19H21BO3/c1-18(2)19(3,4)23-20(22-18)16-11-9-14(10-12-16)17-8-6-5-7-15(17)13-21/h5-13H,1-4H3. The fourth-order valence-corrected chi connectivity index (χ4v) is 2.66. The zero-order chi connectivity index (χ0) is 16.7. The Morgan fingerprint density at radius 3 is 2.00 bits per heavy atom. The minimum Gasteiger partial charge on any atom is -0.399 e. The molecule has 0 unspecified atom stereocenters. The summed E-state index contributed by atoms with van der Waals surface area (Å²) in [4.78, 5) is 11.2. The van der Waals surface area contributed by atoms with Crippen LogP contribution in [-0.4, -0.2) is 24.6 Å². The fourth-order valence-electron chi connectivity index (χ4n) is 2.66. The zero-order valence-electron chi connectivity index (χ0n) is 14.0. The first kappa shape index (κ1) is 16.0. The molecule has 1 aliphatic heterocycles. The second-order valence-electron chi connectivity index (χ2n) is 6.92. The van der Waals surface area contributed by atoms with E-state index in [9.17, 15) is 4.79 Å². The first-order valence-corrected chi connectivity index (χ1v) is 7.84. The molecule has 2 aromatic carbocycles. The second-order valence-corrected chi connectivity index (χ2v) is 6.92. The molecule has 0 aliphatic carbocycles. The molecule has 1 aliphatic rings. The van der Waals surface area contributed by atoms with Crippen molar-refractivity contribution in [2.45, 2.75) is 38.9 Å². The molecule has 1 saturated heterocycles. The number of rotatable bonds is 3. The Balaban J connectivity index is 1.88. The van der Waals surface area contributed by atoms with Gasteiger partial charge in [0, 0.05) is 5.56 Å². The van der Waals surface area contributed by atoms with E-state index in [1.807, 2.05) is 76.2 Å². The third-order valence-corrected chi connectivity index (χ3v) is 4.83. The van der Waals surface area contributed by atoms with Gasteiger partial charge in [0.25, 0.3) is 0 Å². The number of carbonyl (C=O) groups excluding carboxylic acids is 1. The van der Waals surface area contributed by atoms with Crippen LogP contribution in [0.2, 0.25) is 0 Å². The van der Waals surface area contributed by atoms with Crippen LogP contribution < -0.4 is 5.46 Å². The smallest absolute Gasteiger partial charge is 0.399 e. The number of benzene rings is 2. The molecule has 118 valence electrons. The maximum atomic E-state index is 11.2. The molecule has 0 N–H and O–H groups in total. The normalized spacial score (nSPS) is 18.9. The molecule has 0 saturated carbocycles. The molecule has 4 heteroatoms. The largest absolute Gasteiger partial charge is 0.494 e. The van der Waals surface area contributed by atoms with E-state index in [4.69, 9.17) is 9.31 Å². The van der Waals surface area contributed by atoms with Gasteiger partial charge in [-0.25, -0.2) is 0 Å². The lowest BCUT2D eigenvalue weighted by Gasteiger charge is -2.32. The molecule has 0 aromatic heterocycles. The predicted molar refractivity (Wildman–Crippen MR) is 93.0 cm³/mol. The van der Waals surface area contributed by atoms with Gasteiger partial charge in [0.2, 0.25) is 0 Å². The summed E-state index contributed by atoms with van der Waals surface area (Å²) in [6, 6.07) is 15.6. The van der Waals surface area contributed by atoms with E-state index < -0.39 is 0 Å². The van der Waals surface area contributed by atoms with Gasteiger partial charge in [-0.05, 0) is 44.3 Å². The van der Waals surface area contributed by atoms with Crippen LogP contribution >= 0.6 is 0 Å². The van der Waals surface area contributed by atoms with Crippen LogP contribution in [0.3, 0.4) is 0 Å². The average Bonchev–Trinajstić information content (AvgIpc) is 2.75. The third-order valence-electron chi connectivity index (χ3n) is 4.83. The summed E-state index contributed by atoms with van der Waals surface area (Å²) in [5.41, 5.74) is 2.92. The highest BCUT2D eigenvalue weighted by molar-refractivity contribution is 6.62. The predicted octanol–water partition coefficient (Wildman–Crippen LogP) is 3.47. The molecular formula is C19H21BO3. The monoisotopic (exact) mass is 308 g/mol. The number of hydrogen-bond acceptors (Lipinski definition) is 3. The Kier molecular flexibility index (Phi) is 3.90. The molecule has 3 nitrogen and oxygen atoms in total. The molecule has 0 atom stereocenters. The number of aldehydes is 1. The van der Waals surface area contributed by atoms with E-state index in [2.05, 4.69) is 0 Å². The lowest BCUT2D eigenvalue weighted by molar-refractivity contribution is 0.00578. The topological polar surface area (TPSA) is 35.5 Å². The Morgan fingerprint density at radius 2 is 1.43 bits per heavy atom. The van der Waals surface area contributed by atoms with Crippen molar-refractivity contribution in [2.24, 2.45) is 0 Å². The van der Waals surface area contributed by atoms with E-state index in [0.29, 0.717) is 5.56 Å². The van der Waals surface area contributed by atoms with Crippen molar-refractivity contribution < 1.29 is 14.1 Å². The Labute approximate surface area is 137 Å². The van der Waals surface area contributed by atoms with Gasteiger partial charge in [0.05, 0.1) is 11.2 Å². The van der Waals surface area contributed by atoms with Crippen molar-refractivity contribution in [3.05, 3.63) is 54.1 Å². The summed E-state index contributed by atoms with van der Waals surface area (Å²) in [7, 11) is -0.365. The molecule has 0 bridgehead atoms. The highest BCUT2D eigenvalue weighted by Gasteiger charge is 2.51. The van der Waals surface area contributed by atoms with Gasteiger partial charge in [-0.1, -0.05) is 48.5 Å². The Morgan fingerprint density at radius 1 is 0.870 bits per heavy atom. The van der Waals surface area contributed by atoms with E-state index in [0.717, 1.165) is 22.9 Å². The van der Waals surface area contributed by atoms with Gasteiger partial charge in [0.15, 0.2) is 6.29 Å². The fraction of sp³-hybridized carbons (Fsp3) is 0.316. The Bertz CT molecular complexity index is 704. The van der Waals surface area contributed by atoms with Crippen molar-refractivity contribution >= 4 is 18.9 Å². The van der Waals surface area contributed by atoms with E-state index >= 15 is 0 Å². The zero-order valence-corrected chi connectivity index (χ0v) is 14.0. The van der Waals surface area contributed by atoms with Crippen LogP contribution in [-0.2, 0) is 9.31 Å². The highest BCUT2D eigenvalue weighted by Crippen LogP contribution is 2.36. The molecule has 23 heavy (non-hydrogen) atoms. The van der Waals surface area contributed by atoms with Crippen LogP contribution in [0.4, 0.5) is 0 Å². The minimum absolute atomic E-state index is 0.347. The van der Waals surface area contributed by atoms with Gasteiger partial charge in [0.1, 0.15) is 0 Å². The summed E-state index contributed by atoms with van der Waals surface area (Å²) in [5, 5.41) is 0. The first-order chi connectivity index (χ1) is 10.8. The Hall–Kier alpha value is -1.91. The van der Waals surface area contributed by atoms with Crippen molar-refractivity contribution in [1.82, 2.24) is 0 Å². The van der Waals surface area contributed by atoms with Crippen LogP contribution in [0.15, 0.2) is 48.5 Å². The van der Waals surface area contributed by atoms with Crippen LogP contribution in [0.1, 0.15) is 38.1 Å². The maximum absolute atomic E-state index is 11.2. The van der Waals surface area contributed by atoms with E-state index in [1.54, 1.807) is 0 Å². The number of carbonyl (C=O) groups is 1. The molecule has 0 amide bonds. The highest BCUT2D eigenvalue weighted by atomic mass is 16.7. The average molecular weight is 308 g/mol. The summed E-state index contributed by atoms with van der Waals surface area (Å²) in [6.45, 7) is 8.17. The van der Waals surface area contributed by atoms with E-state index in [-0.39, 0.29) is 18.3 Å². The molecule has 2 aromatic rings. The molecule has 1 heterocycles. The third kappa shape index (κ3) is 2.84. The summed E-state index contributed by atoms with van der Waals surface area (Å²) in [6.07, 6.45) is 0.886. The van der Waals surface area contributed by atoms with Crippen molar-refractivity contribution in [3.63, 3.8) is 0 Å². The van der Waals surface area contributed by atoms with Gasteiger partial charge in [-0.15, -0.1) is 0 Å². The SMILES string of the molecule is CC1(C)OB(c2ccc(-c3ccccc3C=O)cc2)OC1(C)C. The molecule has 0 spiro atoms. The lowest BCUT2D eigenvalue weighted by atomic mass is 9.78. The van der Waals surface area contributed by atoms with Crippen molar-refractivity contribution in [1.29, 1.82) is 0 Å². The summed E-state index contributed by atoms with van der Waals surface area (Å²) in [5.74, 6) is 0. The summed E-state index contributed by atoms with van der Waals surface area (Å²) < 4.78 is 12.1. The first-order valence-electron chi connectivity index (χ1n) is 7.84. The van der Waals surface area contributed by atoms with Crippen molar-refractivity contribution in [3.8, 4) is 11.1 Å². The summed E-state index contributed by atoms with van der Waals surface area (Å²) >= 11 is 0. The molecular weight excluding hydrogens is 287 g/mol. The molecule has 0 radical (unpaired) electrons. The van der Waals surface area contributed by atoms with E-state index in [1.165, 1.54) is 0 Å². The second kappa shape index (κ2) is 5.62. The molecule has 1 fully saturated rings. The van der Waals surface area contributed by atoms with Crippen LogP contribution in [0.5, 0.6) is 0 Å². The van der Waals surface area contributed by atoms with Crippen LogP contribution in [0.25, 0.3) is 11.1 Å². The van der Waals surface area contributed by atoms with Crippen molar-refractivity contribution in [2.75, 3.05) is 0 Å². The van der Waals surface area contributed by atoms with Gasteiger partial charge >= 0.3 is 7.12 Å². The molecule has 3 rings (SSSR count). The van der Waals surface area contributed by atoms with Gasteiger partial charge < -0.3 is 9.31 Å². The van der Waals surface area contributed by atoms with Crippen LogP contribution in [0, 0.1) is 0 Å². The minimum atomic E-state index is -0.365. The maximum Gasteiger partial charge on any atom is 0.494 e. The lowest BCUT2D eigenvalue weighted by Crippen LogP contribution is -2.41.